The lowest BCUT2D eigenvalue weighted by molar-refractivity contribution is -0.151. The molecule has 1 unspecified atom stereocenters. The summed E-state index contributed by atoms with van der Waals surface area (Å²) in [5.74, 6) is -1.17. The minimum atomic E-state index is -0.988. The molecule has 1 aliphatic carbocycles. The van der Waals surface area contributed by atoms with Gasteiger partial charge >= 0.3 is 5.97 Å². The number of carbonyl (C=O) groups excluding carboxylic acids is 1. The molecule has 1 aromatic heterocycles. The van der Waals surface area contributed by atoms with E-state index >= 15 is 0 Å². The topological polar surface area (TPSA) is 75.6 Å². The summed E-state index contributed by atoms with van der Waals surface area (Å²) in [7, 11) is 0. The molecule has 20 heavy (non-hydrogen) atoms. The van der Waals surface area contributed by atoms with Crippen molar-refractivity contribution < 1.29 is 19.4 Å². The van der Waals surface area contributed by atoms with E-state index < -0.39 is 18.2 Å². The first-order chi connectivity index (χ1) is 9.65. The molecule has 3 atom stereocenters. The number of hydrogen-bond acceptors (Lipinski definition) is 4. The van der Waals surface area contributed by atoms with Gasteiger partial charge in [0.2, 0.25) is 5.91 Å². The van der Waals surface area contributed by atoms with E-state index in [0.717, 1.165) is 19.3 Å². The Bertz CT molecular complexity index is 527. The van der Waals surface area contributed by atoms with Gasteiger partial charge in [-0.15, -0.1) is 11.3 Å². The number of carboxylic acids is 1. The number of ether oxygens (including phenoxy) is 1. The Labute approximate surface area is 120 Å². The van der Waals surface area contributed by atoms with Crippen LogP contribution in [0.1, 0.15) is 42.2 Å². The fourth-order valence-electron chi connectivity index (χ4n) is 2.91. The minimum absolute atomic E-state index is 0.0463. The number of carboxylic acid groups (broad SMARTS) is 1. The second-order valence-corrected chi connectivity index (χ2v) is 6.28. The van der Waals surface area contributed by atoms with Crippen molar-refractivity contribution in [2.24, 2.45) is 0 Å². The Kier molecular flexibility index (Phi) is 3.76. The van der Waals surface area contributed by atoms with Crippen molar-refractivity contribution in [3.63, 3.8) is 0 Å². The number of thiophene rings is 1. The van der Waals surface area contributed by atoms with E-state index in [1.807, 2.05) is 0 Å². The predicted molar refractivity (Wildman–Crippen MR) is 73.7 cm³/mol. The molecule has 3 rings (SSSR count). The van der Waals surface area contributed by atoms with Crippen LogP contribution in [0.3, 0.4) is 0 Å². The van der Waals surface area contributed by atoms with E-state index in [-0.39, 0.29) is 11.9 Å². The van der Waals surface area contributed by atoms with Crippen LogP contribution in [0.25, 0.3) is 0 Å². The van der Waals surface area contributed by atoms with Crippen molar-refractivity contribution in [3.05, 3.63) is 21.9 Å². The summed E-state index contributed by atoms with van der Waals surface area (Å²) in [5, 5.41) is 14.0. The first kappa shape index (κ1) is 13.6. The molecule has 1 aromatic rings. The molecule has 1 amide bonds. The van der Waals surface area contributed by atoms with Crippen LogP contribution < -0.4 is 5.32 Å². The molecule has 2 aliphatic rings. The van der Waals surface area contributed by atoms with Crippen LogP contribution in [0.2, 0.25) is 0 Å². The second-order valence-electron chi connectivity index (χ2n) is 5.28. The zero-order valence-corrected chi connectivity index (χ0v) is 11.8. The molecule has 108 valence electrons. The van der Waals surface area contributed by atoms with Gasteiger partial charge in [-0.3, -0.25) is 4.79 Å². The summed E-state index contributed by atoms with van der Waals surface area (Å²) < 4.78 is 5.29. The van der Waals surface area contributed by atoms with E-state index in [2.05, 4.69) is 16.8 Å². The Balaban J connectivity index is 1.62. The summed E-state index contributed by atoms with van der Waals surface area (Å²) in [4.78, 5) is 24.4. The first-order valence-corrected chi connectivity index (χ1v) is 7.78. The molecule has 0 saturated carbocycles. The van der Waals surface area contributed by atoms with Crippen molar-refractivity contribution in [3.8, 4) is 0 Å². The minimum Gasteiger partial charge on any atom is -0.479 e. The standard InChI is InChI=1S/C14H17NO4S/c16-13(10-4-5-11(19-10)14(17)18)15-9-2-1-3-12-8(9)6-7-20-12/h6-7,9-11H,1-5H2,(H,15,16)(H,17,18)/t9?,10-,11+/m0/s1. The van der Waals surface area contributed by atoms with Crippen LogP contribution in [-0.4, -0.2) is 29.2 Å². The summed E-state index contributed by atoms with van der Waals surface area (Å²) >= 11 is 1.73. The van der Waals surface area contributed by atoms with Crippen molar-refractivity contribution >= 4 is 23.2 Å². The second kappa shape index (κ2) is 5.54. The SMILES string of the molecule is O=C(NC1CCCc2sccc21)[C@@H]1CC[C@H](C(=O)O)O1. The zero-order chi connectivity index (χ0) is 14.1. The quantitative estimate of drug-likeness (QED) is 0.892. The molecule has 0 radical (unpaired) electrons. The van der Waals surface area contributed by atoms with Gasteiger partial charge in [-0.25, -0.2) is 4.79 Å². The van der Waals surface area contributed by atoms with Crippen LogP contribution in [-0.2, 0) is 20.7 Å². The van der Waals surface area contributed by atoms with E-state index in [1.54, 1.807) is 11.3 Å². The molecule has 5 nitrogen and oxygen atoms in total. The van der Waals surface area contributed by atoms with Crippen LogP contribution in [0.5, 0.6) is 0 Å². The van der Waals surface area contributed by atoms with Crippen molar-refractivity contribution in [1.29, 1.82) is 0 Å². The molecule has 0 aromatic carbocycles. The van der Waals surface area contributed by atoms with Gasteiger partial charge in [0, 0.05) is 4.88 Å². The van der Waals surface area contributed by atoms with Crippen LogP contribution in [0.4, 0.5) is 0 Å². The van der Waals surface area contributed by atoms with E-state index in [0.29, 0.717) is 12.8 Å². The van der Waals surface area contributed by atoms with Gasteiger partial charge in [-0.05, 0) is 49.1 Å². The molecular formula is C14H17NO4S. The van der Waals surface area contributed by atoms with Crippen molar-refractivity contribution in [2.45, 2.75) is 50.4 Å². The van der Waals surface area contributed by atoms with E-state index in [9.17, 15) is 9.59 Å². The van der Waals surface area contributed by atoms with Gasteiger partial charge < -0.3 is 15.2 Å². The number of nitrogens with one attached hydrogen (secondary N) is 1. The van der Waals surface area contributed by atoms with Gasteiger partial charge in [0.15, 0.2) is 6.10 Å². The fraction of sp³-hybridized carbons (Fsp3) is 0.571. The Morgan fingerprint density at radius 1 is 1.30 bits per heavy atom. The lowest BCUT2D eigenvalue weighted by atomic mass is 9.94. The number of amides is 1. The largest absolute Gasteiger partial charge is 0.479 e. The maximum absolute atomic E-state index is 12.2. The predicted octanol–water partition coefficient (Wildman–Crippen LogP) is 1.87. The summed E-state index contributed by atoms with van der Waals surface area (Å²) in [6, 6.07) is 2.12. The van der Waals surface area contributed by atoms with Gasteiger partial charge in [-0.1, -0.05) is 0 Å². The molecular weight excluding hydrogens is 278 g/mol. The normalized spacial score (nSPS) is 28.9. The number of fused-ring (bicyclic) bond motifs is 1. The fourth-order valence-corrected chi connectivity index (χ4v) is 3.90. The molecule has 0 spiro atoms. The number of rotatable bonds is 3. The lowest BCUT2D eigenvalue weighted by Gasteiger charge is -2.25. The highest BCUT2D eigenvalue weighted by Gasteiger charge is 2.36. The Morgan fingerprint density at radius 2 is 2.10 bits per heavy atom. The highest BCUT2D eigenvalue weighted by atomic mass is 32.1. The van der Waals surface area contributed by atoms with Gasteiger partial charge in [0.25, 0.3) is 0 Å². The maximum atomic E-state index is 12.2. The first-order valence-electron chi connectivity index (χ1n) is 6.90. The molecule has 1 aliphatic heterocycles. The van der Waals surface area contributed by atoms with Crippen LogP contribution >= 0.6 is 11.3 Å². The average Bonchev–Trinajstić information content (AvgIpc) is 3.08. The summed E-state index contributed by atoms with van der Waals surface area (Å²) in [5.41, 5.74) is 1.21. The summed E-state index contributed by atoms with van der Waals surface area (Å²) in [6.07, 6.45) is 2.51. The molecule has 1 saturated heterocycles. The van der Waals surface area contributed by atoms with Crippen molar-refractivity contribution in [2.75, 3.05) is 0 Å². The third kappa shape index (κ3) is 2.58. The number of aryl methyl sites for hydroxylation is 1. The monoisotopic (exact) mass is 295 g/mol. The van der Waals surface area contributed by atoms with Crippen molar-refractivity contribution in [1.82, 2.24) is 5.32 Å². The number of hydrogen-bond donors (Lipinski definition) is 2. The summed E-state index contributed by atoms with van der Waals surface area (Å²) in [6.45, 7) is 0. The number of aliphatic carboxylic acids is 1. The van der Waals surface area contributed by atoms with Gasteiger partial charge in [0.1, 0.15) is 6.10 Å². The third-order valence-corrected chi connectivity index (χ3v) is 4.95. The van der Waals surface area contributed by atoms with E-state index in [4.69, 9.17) is 9.84 Å². The van der Waals surface area contributed by atoms with Crippen LogP contribution in [0, 0.1) is 0 Å². The molecule has 0 bridgehead atoms. The Hall–Kier alpha value is -1.40. The zero-order valence-electron chi connectivity index (χ0n) is 11.0. The highest BCUT2D eigenvalue weighted by Crippen LogP contribution is 2.33. The third-order valence-electron chi connectivity index (χ3n) is 3.96. The maximum Gasteiger partial charge on any atom is 0.332 e. The molecule has 1 fully saturated rings. The highest BCUT2D eigenvalue weighted by molar-refractivity contribution is 7.10. The van der Waals surface area contributed by atoms with Gasteiger partial charge in [-0.2, -0.15) is 0 Å². The molecule has 2 N–H and O–H groups in total. The van der Waals surface area contributed by atoms with Gasteiger partial charge in [0.05, 0.1) is 6.04 Å². The van der Waals surface area contributed by atoms with E-state index in [1.165, 1.54) is 10.4 Å². The lowest BCUT2D eigenvalue weighted by Crippen LogP contribution is -2.38. The molecule has 6 heteroatoms. The Morgan fingerprint density at radius 3 is 2.85 bits per heavy atom. The molecule has 2 heterocycles. The average molecular weight is 295 g/mol. The van der Waals surface area contributed by atoms with Crippen LogP contribution in [0.15, 0.2) is 11.4 Å². The number of carbonyl (C=O) groups is 2. The smallest absolute Gasteiger partial charge is 0.332 e.